The number of alkyl halides is 3. The SMILES string of the molecule is CCC(=O)c1ccc(OCC(=O)OCC(=O)Nc2ccccc2C(F)(F)F)cc1. The molecule has 0 unspecified atom stereocenters. The molecule has 0 atom stereocenters. The quantitative estimate of drug-likeness (QED) is 0.529. The zero-order chi connectivity index (χ0) is 21.4. The molecule has 2 aromatic rings. The van der Waals surface area contributed by atoms with Gasteiger partial charge in [0.25, 0.3) is 5.91 Å². The van der Waals surface area contributed by atoms with Gasteiger partial charge in [-0.3, -0.25) is 9.59 Å². The maximum absolute atomic E-state index is 12.9. The summed E-state index contributed by atoms with van der Waals surface area (Å²) in [6.07, 6.45) is -4.27. The number of anilines is 1. The molecule has 0 spiro atoms. The van der Waals surface area contributed by atoms with Gasteiger partial charge in [-0.2, -0.15) is 13.2 Å². The van der Waals surface area contributed by atoms with Crippen LogP contribution in [-0.4, -0.2) is 30.9 Å². The summed E-state index contributed by atoms with van der Waals surface area (Å²) in [5.74, 6) is -1.51. The summed E-state index contributed by atoms with van der Waals surface area (Å²) in [5.41, 5.74) is -0.926. The number of nitrogens with one attached hydrogen (secondary N) is 1. The van der Waals surface area contributed by atoms with Gasteiger partial charge in [0.05, 0.1) is 11.3 Å². The zero-order valence-electron chi connectivity index (χ0n) is 15.4. The van der Waals surface area contributed by atoms with Crippen LogP contribution in [0, 0.1) is 0 Å². The van der Waals surface area contributed by atoms with Crippen LogP contribution in [0.4, 0.5) is 18.9 Å². The highest BCUT2D eigenvalue weighted by Gasteiger charge is 2.33. The van der Waals surface area contributed by atoms with Crippen LogP contribution in [0.15, 0.2) is 48.5 Å². The Morgan fingerprint density at radius 3 is 2.24 bits per heavy atom. The van der Waals surface area contributed by atoms with E-state index in [-0.39, 0.29) is 5.78 Å². The molecular weight excluding hydrogens is 391 g/mol. The maximum Gasteiger partial charge on any atom is 0.418 e. The Kier molecular flexibility index (Phi) is 7.35. The van der Waals surface area contributed by atoms with E-state index in [1.807, 2.05) is 0 Å². The predicted molar refractivity (Wildman–Crippen MR) is 97.6 cm³/mol. The summed E-state index contributed by atoms with van der Waals surface area (Å²) in [5, 5.41) is 2.06. The first-order valence-corrected chi connectivity index (χ1v) is 8.58. The summed E-state index contributed by atoms with van der Waals surface area (Å²) in [6.45, 7) is 0.465. The van der Waals surface area contributed by atoms with Crippen molar-refractivity contribution in [1.82, 2.24) is 0 Å². The standard InChI is InChI=1S/C20H18F3NO5/c1-2-17(25)13-7-9-14(10-8-13)28-12-19(27)29-11-18(26)24-16-6-4-3-5-15(16)20(21,22)23/h3-10H,2,11-12H2,1H3,(H,24,26). The molecule has 0 saturated heterocycles. The fourth-order valence-electron chi connectivity index (χ4n) is 2.30. The van der Waals surface area contributed by atoms with Crippen molar-refractivity contribution in [3.05, 3.63) is 59.7 Å². The van der Waals surface area contributed by atoms with E-state index in [0.717, 1.165) is 12.1 Å². The van der Waals surface area contributed by atoms with E-state index < -0.39 is 42.5 Å². The number of halogens is 3. The number of hydrogen-bond acceptors (Lipinski definition) is 5. The molecule has 154 valence electrons. The monoisotopic (exact) mass is 409 g/mol. The lowest BCUT2D eigenvalue weighted by molar-refractivity contribution is -0.149. The molecule has 0 aliphatic heterocycles. The molecule has 1 amide bonds. The van der Waals surface area contributed by atoms with Crippen molar-refractivity contribution in [2.45, 2.75) is 19.5 Å². The molecule has 0 aliphatic carbocycles. The van der Waals surface area contributed by atoms with Gasteiger partial charge in [0, 0.05) is 12.0 Å². The molecule has 0 heterocycles. The van der Waals surface area contributed by atoms with E-state index in [9.17, 15) is 27.6 Å². The molecular formula is C20H18F3NO5. The fourth-order valence-corrected chi connectivity index (χ4v) is 2.30. The number of carbonyl (C=O) groups is 3. The Bertz CT molecular complexity index is 878. The summed E-state index contributed by atoms with van der Waals surface area (Å²) in [7, 11) is 0. The minimum Gasteiger partial charge on any atom is -0.482 e. The van der Waals surface area contributed by atoms with Crippen LogP contribution in [0.5, 0.6) is 5.75 Å². The topological polar surface area (TPSA) is 81.7 Å². The molecule has 0 fully saturated rings. The van der Waals surface area contributed by atoms with E-state index in [1.54, 1.807) is 19.1 Å². The molecule has 0 saturated carbocycles. The second kappa shape index (κ2) is 9.72. The number of esters is 1. The van der Waals surface area contributed by atoms with Gasteiger partial charge in [-0.1, -0.05) is 19.1 Å². The second-order valence-corrected chi connectivity index (χ2v) is 5.84. The number of amides is 1. The minimum absolute atomic E-state index is 0.0333. The van der Waals surface area contributed by atoms with Gasteiger partial charge in [0.2, 0.25) is 0 Å². The third kappa shape index (κ3) is 6.63. The zero-order valence-corrected chi connectivity index (χ0v) is 15.4. The van der Waals surface area contributed by atoms with Crippen LogP contribution in [0.1, 0.15) is 29.3 Å². The molecule has 2 aromatic carbocycles. The van der Waals surface area contributed by atoms with E-state index >= 15 is 0 Å². The smallest absolute Gasteiger partial charge is 0.418 e. The number of ether oxygens (including phenoxy) is 2. The lowest BCUT2D eigenvalue weighted by Crippen LogP contribution is -2.24. The van der Waals surface area contributed by atoms with E-state index in [0.29, 0.717) is 17.7 Å². The number of rotatable bonds is 8. The largest absolute Gasteiger partial charge is 0.482 e. The molecule has 2 rings (SSSR count). The Hall–Kier alpha value is -3.36. The first kappa shape index (κ1) is 21.9. The number of ketones is 1. The van der Waals surface area contributed by atoms with Crippen molar-refractivity contribution in [3.8, 4) is 5.75 Å². The lowest BCUT2D eigenvalue weighted by atomic mass is 10.1. The van der Waals surface area contributed by atoms with Crippen LogP contribution in [-0.2, 0) is 20.5 Å². The molecule has 6 nitrogen and oxygen atoms in total. The maximum atomic E-state index is 12.9. The van der Waals surface area contributed by atoms with Crippen LogP contribution >= 0.6 is 0 Å². The number of Topliss-reactive ketones (excluding diaryl/α,β-unsaturated/α-hetero) is 1. The van der Waals surface area contributed by atoms with Gasteiger partial charge in [-0.05, 0) is 36.4 Å². The Morgan fingerprint density at radius 2 is 1.62 bits per heavy atom. The van der Waals surface area contributed by atoms with Crippen molar-refractivity contribution in [2.24, 2.45) is 0 Å². The summed E-state index contributed by atoms with van der Waals surface area (Å²) in [4.78, 5) is 35.0. The summed E-state index contributed by atoms with van der Waals surface area (Å²) < 4.78 is 48.6. The molecule has 9 heteroatoms. The van der Waals surface area contributed by atoms with Gasteiger partial charge in [0.15, 0.2) is 19.0 Å². The third-order valence-electron chi connectivity index (χ3n) is 3.72. The number of carbonyl (C=O) groups excluding carboxylic acids is 3. The average Bonchev–Trinajstić information content (AvgIpc) is 2.70. The lowest BCUT2D eigenvalue weighted by Gasteiger charge is -2.13. The van der Waals surface area contributed by atoms with Gasteiger partial charge >= 0.3 is 12.1 Å². The van der Waals surface area contributed by atoms with Crippen LogP contribution in [0.25, 0.3) is 0 Å². The molecule has 0 aromatic heterocycles. The normalized spacial score (nSPS) is 10.9. The van der Waals surface area contributed by atoms with Crippen molar-refractivity contribution < 1.29 is 37.0 Å². The first-order chi connectivity index (χ1) is 13.7. The van der Waals surface area contributed by atoms with Crippen molar-refractivity contribution in [3.63, 3.8) is 0 Å². The Morgan fingerprint density at radius 1 is 0.966 bits per heavy atom. The van der Waals surface area contributed by atoms with E-state index in [1.165, 1.54) is 24.3 Å². The predicted octanol–water partition coefficient (Wildman–Crippen LogP) is 3.86. The average molecular weight is 409 g/mol. The fraction of sp³-hybridized carbons (Fsp3) is 0.250. The molecule has 0 bridgehead atoms. The highest BCUT2D eigenvalue weighted by Crippen LogP contribution is 2.34. The van der Waals surface area contributed by atoms with Gasteiger partial charge in [-0.15, -0.1) is 0 Å². The van der Waals surface area contributed by atoms with Crippen LogP contribution in [0.2, 0.25) is 0 Å². The summed E-state index contributed by atoms with van der Waals surface area (Å²) >= 11 is 0. The highest BCUT2D eigenvalue weighted by molar-refractivity contribution is 5.96. The Balaban J connectivity index is 1.81. The summed E-state index contributed by atoms with van der Waals surface area (Å²) in [6, 6.07) is 10.6. The van der Waals surface area contributed by atoms with Crippen molar-refractivity contribution in [1.29, 1.82) is 0 Å². The van der Waals surface area contributed by atoms with Crippen molar-refractivity contribution in [2.75, 3.05) is 18.5 Å². The van der Waals surface area contributed by atoms with Crippen molar-refractivity contribution >= 4 is 23.3 Å². The molecule has 0 radical (unpaired) electrons. The molecule has 29 heavy (non-hydrogen) atoms. The minimum atomic E-state index is -4.63. The third-order valence-corrected chi connectivity index (χ3v) is 3.72. The Labute approximate surface area is 164 Å². The number of benzene rings is 2. The van der Waals surface area contributed by atoms with E-state index in [2.05, 4.69) is 5.32 Å². The highest BCUT2D eigenvalue weighted by atomic mass is 19.4. The second-order valence-electron chi connectivity index (χ2n) is 5.84. The number of para-hydroxylation sites is 1. The molecule has 0 aliphatic rings. The van der Waals surface area contributed by atoms with Gasteiger partial charge < -0.3 is 14.8 Å². The molecule has 1 N–H and O–H groups in total. The van der Waals surface area contributed by atoms with Crippen LogP contribution < -0.4 is 10.1 Å². The number of hydrogen-bond donors (Lipinski definition) is 1. The van der Waals surface area contributed by atoms with E-state index in [4.69, 9.17) is 9.47 Å². The first-order valence-electron chi connectivity index (χ1n) is 8.58. The van der Waals surface area contributed by atoms with Gasteiger partial charge in [-0.25, -0.2) is 4.79 Å². The van der Waals surface area contributed by atoms with Gasteiger partial charge in [0.1, 0.15) is 5.75 Å². The van der Waals surface area contributed by atoms with Crippen LogP contribution in [0.3, 0.4) is 0 Å².